The molecule has 0 bridgehead atoms. The summed E-state index contributed by atoms with van der Waals surface area (Å²) in [6.07, 6.45) is 0. The van der Waals surface area contributed by atoms with Crippen LogP contribution in [0, 0.1) is 0 Å². The fourth-order valence-electron chi connectivity index (χ4n) is 1.46. The van der Waals surface area contributed by atoms with Gasteiger partial charge >= 0.3 is 0 Å². The van der Waals surface area contributed by atoms with Gasteiger partial charge in [-0.25, -0.2) is 4.68 Å². The molecule has 17 heavy (non-hydrogen) atoms. The maximum atomic E-state index is 11.7. The molecule has 1 aromatic heterocycles. The Morgan fingerprint density at radius 1 is 1.35 bits per heavy atom. The standard InChI is InChI=1S/C12H11ClN2O2/c1-17-10-7-11(16)15(14-12(10)13)8-9-5-3-2-4-6-9/h2-7H,8H2,1H3. The van der Waals surface area contributed by atoms with E-state index in [0.29, 0.717) is 12.3 Å². The molecular formula is C12H11ClN2O2. The molecule has 4 nitrogen and oxygen atoms in total. The van der Waals surface area contributed by atoms with Crippen LogP contribution in [-0.2, 0) is 6.54 Å². The number of rotatable bonds is 3. The quantitative estimate of drug-likeness (QED) is 0.836. The zero-order chi connectivity index (χ0) is 12.3. The van der Waals surface area contributed by atoms with Gasteiger partial charge in [-0.2, -0.15) is 5.10 Å². The van der Waals surface area contributed by atoms with Crippen molar-refractivity contribution < 1.29 is 4.74 Å². The molecule has 2 aromatic rings. The van der Waals surface area contributed by atoms with E-state index in [1.807, 2.05) is 30.3 Å². The summed E-state index contributed by atoms with van der Waals surface area (Å²) < 4.78 is 6.23. The largest absolute Gasteiger partial charge is 0.493 e. The monoisotopic (exact) mass is 250 g/mol. The minimum Gasteiger partial charge on any atom is -0.493 e. The van der Waals surface area contributed by atoms with Gasteiger partial charge in [-0.3, -0.25) is 4.79 Å². The molecular weight excluding hydrogens is 240 g/mol. The number of methoxy groups -OCH3 is 1. The van der Waals surface area contributed by atoms with Crippen LogP contribution in [0.3, 0.4) is 0 Å². The van der Waals surface area contributed by atoms with Crippen LogP contribution in [-0.4, -0.2) is 16.9 Å². The van der Waals surface area contributed by atoms with E-state index in [-0.39, 0.29) is 10.7 Å². The van der Waals surface area contributed by atoms with Crippen molar-refractivity contribution in [2.45, 2.75) is 6.54 Å². The number of hydrogen-bond acceptors (Lipinski definition) is 3. The Morgan fingerprint density at radius 2 is 2.06 bits per heavy atom. The number of benzene rings is 1. The average molecular weight is 251 g/mol. The first kappa shape index (κ1) is 11.7. The minimum atomic E-state index is -0.241. The summed E-state index contributed by atoms with van der Waals surface area (Å²) >= 11 is 5.87. The zero-order valence-corrected chi connectivity index (χ0v) is 10.0. The molecule has 0 aliphatic rings. The Morgan fingerprint density at radius 3 is 2.71 bits per heavy atom. The van der Waals surface area contributed by atoms with Crippen molar-refractivity contribution in [3.8, 4) is 5.75 Å². The summed E-state index contributed by atoms with van der Waals surface area (Å²) in [4.78, 5) is 11.7. The van der Waals surface area contributed by atoms with E-state index < -0.39 is 0 Å². The van der Waals surface area contributed by atoms with Gasteiger partial charge in [0.25, 0.3) is 5.56 Å². The van der Waals surface area contributed by atoms with E-state index in [9.17, 15) is 4.79 Å². The molecule has 0 amide bonds. The van der Waals surface area contributed by atoms with Gasteiger partial charge in [0.15, 0.2) is 10.9 Å². The highest BCUT2D eigenvalue weighted by Gasteiger charge is 2.07. The van der Waals surface area contributed by atoms with E-state index in [1.54, 1.807) is 0 Å². The van der Waals surface area contributed by atoms with Crippen LogP contribution in [0.2, 0.25) is 5.15 Å². The second-order valence-corrected chi connectivity index (χ2v) is 3.84. The third-order valence-electron chi connectivity index (χ3n) is 2.32. The summed E-state index contributed by atoms with van der Waals surface area (Å²) in [7, 11) is 1.45. The number of ether oxygens (including phenoxy) is 1. The molecule has 0 spiro atoms. The maximum absolute atomic E-state index is 11.7. The zero-order valence-electron chi connectivity index (χ0n) is 9.26. The first-order valence-electron chi connectivity index (χ1n) is 5.06. The predicted molar refractivity (Wildman–Crippen MR) is 65.6 cm³/mol. The molecule has 0 saturated carbocycles. The summed E-state index contributed by atoms with van der Waals surface area (Å²) in [6.45, 7) is 0.392. The Hall–Kier alpha value is -1.81. The number of hydrogen-bond donors (Lipinski definition) is 0. The molecule has 88 valence electrons. The van der Waals surface area contributed by atoms with Gasteiger partial charge < -0.3 is 4.74 Å². The highest BCUT2D eigenvalue weighted by Crippen LogP contribution is 2.17. The van der Waals surface area contributed by atoms with Gasteiger partial charge in [-0.1, -0.05) is 41.9 Å². The number of halogens is 1. The third kappa shape index (κ3) is 2.65. The lowest BCUT2D eigenvalue weighted by Gasteiger charge is -2.07. The van der Waals surface area contributed by atoms with Gasteiger partial charge in [-0.05, 0) is 5.56 Å². The molecule has 0 aliphatic carbocycles. The van der Waals surface area contributed by atoms with Crippen molar-refractivity contribution in [3.05, 3.63) is 57.5 Å². The first-order valence-corrected chi connectivity index (χ1v) is 5.44. The van der Waals surface area contributed by atoms with Gasteiger partial charge in [0.1, 0.15) is 0 Å². The van der Waals surface area contributed by atoms with E-state index in [2.05, 4.69) is 5.10 Å². The van der Waals surface area contributed by atoms with Crippen LogP contribution >= 0.6 is 11.6 Å². The Kier molecular flexibility index (Phi) is 3.44. The lowest BCUT2D eigenvalue weighted by atomic mass is 10.2. The summed E-state index contributed by atoms with van der Waals surface area (Å²) in [5, 5.41) is 4.17. The molecule has 5 heteroatoms. The number of aromatic nitrogens is 2. The molecule has 0 radical (unpaired) electrons. The smallest absolute Gasteiger partial charge is 0.270 e. The van der Waals surface area contributed by atoms with Crippen molar-refractivity contribution in [1.29, 1.82) is 0 Å². The SMILES string of the molecule is COc1cc(=O)n(Cc2ccccc2)nc1Cl. The average Bonchev–Trinajstić information content (AvgIpc) is 2.34. The molecule has 0 fully saturated rings. The Labute approximate surface area is 103 Å². The van der Waals surface area contributed by atoms with Crippen molar-refractivity contribution in [3.63, 3.8) is 0 Å². The summed E-state index contributed by atoms with van der Waals surface area (Å²) in [5.74, 6) is 0.293. The van der Waals surface area contributed by atoms with Crippen molar-refractivity contribution in [2.75, 3.05) is 7.11 Å². The Balaban J connectivity index is 2.34. The molecule has 0 N–H and O–H groups in total. The molecule has 0 saturated heterocycles. The first-order chi connectivity index (χ1) is 8.20. The van der Waals surface area contributed by atoms with Crippen LogP contribution in [0.1, 0.15) is 5.56 Å². The van der Waals surface area contributed by atoms with Gasteiger partial charge in [-0.15, -0.1) is 0 Å². The van der Waals surface area contributed by atoms with E-state index in [1.165, 1.54) is 17.9 Å². The van der Waals surface area contributed by atoms with E-state index >= 15 is 0 Å². The van der Waals surface area contributed by atoms with Gasteiger partial charge in [0, 0.05) is 0 Å². The normalized spacial score (nSPS) is 10.2. The highest BCUT2D eigenvalue weighted by atomic mass is 35.5. The van der Waals surface area contributed by atoms with E-state index in [0.717, 1.165) is 5.56 Å². The maximum Gasteiger partial charge on any atom is 0.270 e. The Bertz CT molecular complexity index is 566. The van der Waals surface area contributed by atoms with Crippen molar-refractivity contribution in [1.82, 2.24) is 9.78 Å². The van der Waals surface area contributed by atoms with Crippen LogP contribution in [0.25, 0.3) is 0 Å². The lowest BCUT2D eigenvalue weighted by molar-refractivity contribution is 0.407. The molecule has 1 aromatic carbocycles. The molecule has 2 rings (SSSR count). The fourth-order valence-corrected chi connectivity index (χ4v) is 1.69. The van der Waals surface area contributed by atoms with E-state index in [4.69, 9.17) is 16.3 Å². The second kappa shape index (κ2) is 5.01. The summed E-state index contributed by atoms with van der Waals surface area (Å²) in [5.41, 5.74) is 0.749. The lowest BCUT2D eigenvalue weighted by Crippen LogP contribution is -2.23. The van der Waals surface area contributed by atoms with Crippen LogP contribution in [0.4, 0.5) is 0 Å². The molecule has 0 aliphatic heterocycles. The fraction of sp³-hybridized carbons (Fsp3) is 0.167. The highest BCUT2D eigenvalue weighted by molar-refractivity contribution is 6.30. The minimum absolute atomic E-state index is 0.183. The van der Waals surface area contributed by atoms with Crippen LogP contribution in [0.5, 0.6) is 5.75 Å². The van der Waals surface area contributed by atoms with Crippen molar-refractivity contribution >= 4 is 11.6 Å². The van der Waals surface area contributed by atoms with Crippen LogP contribution in [0.15, 0.2) is 41.2 Å². The molecule has 1 heterocycles. The van der Waals surface area contributed by atoms with Gasteiger partial charge in [0.2, 0.25) is 0 Å². The second-order valence-electron chi connectivity index (χ2n) is 3.49. The third-order valence-corrected chi connectivity index (χ3v) is 2.58. The molecule has 0 unspecified atom stereocenters. The van der Waals surface area contributed by atoms with Gasteiger partial charge in [0.05, 0.1) is 19.7 Å². The topological polar surface area (TPSA) is 44.1 Å². The number of nitrogens with zero attached hydrogens (tertiary/aromatic N) is 2. The molecule has 0 atom stereocenters. The van der Waals surface area contributed by atoms with Crippen LogP contribution < -0.4 is 10.3 Å². The predicted octanol–water partition coefficient (Wildman–Crippen LogP) is 1.95. The summed E-state index contributed by atoms with van der Waals surface area (Å²) in [6, 6.07) is 10.9. The van der Waals surface area contributed by atoms with Crippen molar-refractivity contribution in [2.24, 2.45) is 0 Å².